The highest BCUT2D eigenvalue weighted by atomic mass is 16.3. The van der Waals surface area contributed by atoms with Crippen LogP contribution in [-0.2, 0) is 11.3 Å². The molecule has 0 saturated heterocycles. The third kappa shape index (κ3) is 3.20. The van der Waals surface area contributed by atoms with Gasteiger partial charge < -0.3 is 15.0 Å². The topological polar surface area (TPSA) is 54.3 Å². The summed E-state index contributed by atoms with van der Waals surface area (Å²) in [4.78, 5) is 11.9. The number of hydrogen-bond acceptors (Lipinski definition) is 2. The van der Waals surface area contributed by atoms with Gasteiger partial charge in [0, 0.05) is 18.4 Å². The number of anilines is 1. The third-order valence-electron chi connectivity index (χ3n) is 3.56. The average Bonchev–Trinajstić information content (AvgIpc) is 2.80. The van der Waals surface area contributed by atoms with Crippen molar-refractivity contribution < 1.29 is 9.90 Å². The molecule has 2 rings (SSSR count). The molecule has 2 N–H and O–H groups in total. The summed E-state index contributed by atoms with van der Waals surface area (Å²) >= 11 is 0. The number of carbonyl (C=O) groups is 1. The van der Waals surface area contributed by atoms with E-state index < -0.39 is 6.10 Å². The number of aromatic nitrogens is 1. The van der Waals surface area contributed by atoms with E-state index in [0.717, 1.165) is 23.1 Å². The minimum absolute atomic E-state index is 0.0838. The van der Waals surface area contributed by atoms with Crippen LogP contribution in [0.3, 0.4) is 0 Å². The Morgan fingerprint density at radius 1 is 1.35 bits per heavy atom. The summed E-state index contributed by atoms with van der Waals surface area (Å²) in [7, 11) is 0. The molecule has 1 aromatic heterocycles. The Labute approximate surface area is 119 Å². The highest BCUT2D eigenvalue weighted by molar-refractivity contribution is 5.94. The first kappa shape index (κ1) is 14.6. The van der Waals surface area contributed by atoms with Crippen molar-refractivity contribution in [3.8, 4) is 0 Å². The van der Waals surface area contributed by atoms with Crippen LogP contribution in [0.1, 0.15) is 27.2 Å². The standard InChI is InChI=1S/C16H22N2O2/c1-4-18-8-7-12-5-6-13(9-14(12)18)17-16(20)10-15(19)11(2)3/h5-9,11,15,19H,4,10H2,1-3H3,(H,17,20). The van der Waals surface area contributed by atoms with Crippen LogP contribution in [0, 0.1) is 5.92 Å². The smallest absolute Gasteiger partial charge is 0.226 e. The molecule has 0 aliphatic heterocycles. The molecular formula is C16H22N2O2. The summed E-state index contributed by atoms with van der Waals surface area (Å²) in [5, 5.41) is 13.7. The lowest BCUT2D eigenvalue weighted by atomic mass is 10.0. The number of nitrogens with zero attached hydrogens (tertiary/aromatic N) is 1. The number of aryl methyl sites for hydroxylation is 1. The molecular weight excluding hydrogens is 252 g/mol. The fourth-order valence-corrected chi connectivity index (χ4v) is 2.18. The van der Waals surface area contributed by atoms with Gasteiger partial charge in [-0.05, 0) is 36.4 Å². The van der Waals surface area contributed by atoms with Crippen LogP contribution in [0.15, 0.2) is 30.5 Å². The second-order valence-electron chi connectivity index (χ2n) is 5.44. The molecule has 20 heavy (non-hydrogen) atoms. The number of rotatable bonds is 5. The number of benzene rings is 1. The van der Waals surface area contributed by atoms with Crippen molar-refractivity contribution in [2.45, 2.75) is 39.8 Å². The first-order valence-electron chi connectivity index (χ1n) is 7.08. The van der Waals surface area contributed by atoms with Crippen molar-refractivity contribution >= 4 is 22.5 Å². The summed E-state index contributed by atoms with van der Waals surface area (Å²) < 4.78 is 2.13. The molecule has 4 nitrogen and oxygen atoms in total. The summed E-state index contributed by atoms with van der Waals surface area (Å²) in [5.41, 5.74) is 1.88. The normalized spacial score (nSPS) is 12.8. The summed E-state index contributed by atoms with van der Waals surface area (Å²) in [6.07, 6.45) is 1.57. The molecule has 0 bridgehead atoms. The number of aliphatic hydroxyl groups is 1. The Morgan fingerprint density at radius 3 is 2.75 bits per heavy atom. The molecule has 108 valence electrons. The molecule has 0 fully saturated rings. The van der Waals surface area contributed by atoms with Gasteiger partial charge in [-0.2, -0.15) is 0 Å². The second-order valence-corrected chi connectivity index (χ2v) is 5.44. The van der Waals surface area contributed by atoms with Gasteiger partial charge in [0.15, 0.2) is 0 Å². The molecule has 2 aromatic rings. The van der Waals surface area contributed by atoms with Crippen LogP contribution in [0.2, 0.25) is 0 Å². The summed E-state index contributed by atoms with van der Waals surface area (Å²) in [6.45, 7) is 6.78. The zero-order chi connectivity index (χ0) is 14.7. The zero-order valence-electron chi connectivity index (χ0n) is 12.3. The molecule has 1 unspecified atom stereocenters. The van der Waals surface area contributed by atoms with E-state index in [-0.39, 0.29) is 18.2 Å². The molecule has 4 heteroatoms. The van der Waals surface area contributed by atoms with Gasteiger partial charge in [-0.1, -0.05) is 19.9 Å². The van der Waals surface area contributed by atoms with Gasteiger partial charge >= 0.3 is 0 Å². The van der Waals surface area contributed by atoms with E-state index in [2.05, 4.69) is 22.9 Å². The molecule has 0 saturated carbocycles. The van der Waals surface area contributed by atoms with Crippen LogP contribution in [0.4, 0.5) is 5.69 Å². The van der Waals surface area contributed by atoms with E-state index in [1.165, 1.54) is 0 Å². The fourth-order valence-electron chi connectivity index (χ4n) is 2.18. The quantitative estimate of drug-likeness (QED) is 0.880. The fraction of sp³-hybridized carbons (Fsp3) is 0.438. The maximum atomic E-state index is 11.9. The third-order valence-corrected chi connectivity index (χ3v) is 3.56. The van der Waals surface area contributed by atoms with Crippen LogP contribution in [0.5, 0.6) is 0 Å². The highest BCUT2D eigenvalue weighted by Crippen LogP contribution is 2.21. The van der Waals surface area contributed by atoms with E-state index in [0.29, 0.717) is 0 Å². The van der Waals surface area contributed by atoms with Gasteiger partial charge in [-0.3, -0.25) is 4.79 Å². The van der Waals surface area contributed by atoms with Crippen molar-refractivity contribution in [2.75, 3.05) is 5.32 Å². The average molecular weight is 274 g/mol. The number of nitrogens with one attached hydrogen (secondary N) is 1. The van der Waals surface area contributed by atoms with Crippen LogP contribution in [-0.4, -0.2) is 21.7 Å². The molecule has 0 aliphatic carbocycles. The lowest BCUT2D eigenvalue weighted by molar-refractivity contribution is -0.118. The molecule has 0 aliphatic rings. The lowest BCUT2D eigenvalue weighted by Crippen LogP contribution is -2.23. The Morgan fingerprint density at radius 2 is 2.10 bits per heavy atom. The lowest BCUT2D eigenvalue weighted by Gasteiger charge is -2.14. The molecule has 1 heterocycles. The van der Waals surface area contributed by atoms with Crippen molar-refractivity contribution in [1.82, 2.24) is 4.57 Å². The van der Waals surface area contributed by atoms with E-state index in [1.54, 1.807) is 0 Å². The molecule has 1 amide bonds. The Hall–Kier alpha value is -1.81. The number of fused-ring (bicyclic) bond motifs is 1. The predicted octanol–water partition coefficient (Wildman–Crippen LogP) is 3.01. The zero-order valence-corrected chi connectivity index (χ0v) is 12.3. The van der Waals surface area contributed by atoms with E-state index in [1.807, 2.05) is 38.2 Å². The molecule has 1 atom stereocenters. The van der Waals surface area contributed by atoms with Gasteiger partial charge in [0.05, 0.1) is 18.0 Å². The maximum absolute atomic E-state index is 11.9. The van der Waals surface area contributed by atoms with Crippen LogP contribution in [0.25, 0.3) is 10.9 Å². The number of aliphatic hydroxyl groups excluding tert-OH is 1. The van der Waals surface area contributed by atoms with Crippen LogP contribution < -0.4 is 5.32 Å². The first-order valence-corrected chi connectivity index (χ1v) is 7.08. The van der Waals surface area contributed by atoms with Gasteiger partial charge in [0.1, 0.15) is 0 Å². The largest absolute Gasteiger partial charge is 0.392 e. The second kappa shape index (κ2) is 6.09. The monoisotopic (exact) mass is 274 g/mol. The van der Waals surface area contributed by atoms with E-state index in [4.69, 9.17) is 0 Å². The maximum Gasteiger partial charge on any atom is 0.226 e. The summed E-state index contributed by atoms with van der Waals surface area (Å²) in [5.74, 6) is -0.0688. The van der Waals surface area contributed by atoms with Gasteiger partial charge in [-0.15, -0.1) is 0 Å². The van der Waals surface area contributed by atoms with Crippen LogP contribution >= 0.6 is 0 Å². The minimum Gasteiger partial charge on any atom is -0.392 e. The minimum atomic E-state index is -0.599. The van der Waals surface area contributed by atoms with Crippen molar-refractivity contribution in [1.29, 1.82) is 0 Å². The number of hydrogen-bond donors (Lipinski definition) is 2. The molecule has 1 aromatic carbocycles. The Kier molecular flexibility index (Phi) is 4.45. The Balaban J connectivity index is 2.11. The van der Waals surface area contributed by atoms with Gasteiger partial charge in [0.25, 0.3) is 0 Å². The molecule has 0 radical (unpaired) electrons. The van der Waals surface area contributed by atoms with E-state index >= 15 is 0 Å². The summed E-state index contributed by atoms with van der Waals surface area (Å²) in [6, 6.07) is 7.92. The Bertz CT molecular complexity index is 602. The van der Waals surface area contributed by atoms with Gasteiger partial charge in [-0.25, -0.2) is 0 Å². The van der Waals surface area contributed by atoms with Gasteiger partial charge in [0.2, 0.25) is 5.91 Å². The highest BCUT2D eigenvalue weighted by Gasteiger charge is 2.14. The van der Waals surface area contributed by atoms with Crippen molar-refractivity contribution in [2.24, 2.45) is 5.92 Å². The van der Waals surface area contributed by atoms with Crippen molar-refractivity contribution in [3.05, 3.63) is 30.5 Å². The number of amides is 1. The van der Waals surface area contributed by atoms with E-state index in [9.17, 15) is 9.90 Å². The molecule has 0 spiro atoms. The number of carbonyl (C=O) groups excluding carboxylic acids is 1. The predicted molar refractivity (Wildman–Crippen MR) is 81.7 cm³/mol. The SMILES string of the molecule is CCn1ccc2ccc(NC(=O)CC(O)C(C)C)cc21. The first-order chi connectivity index (χ1) is 9.51. The van der Waals surface area contributed by atoms with Crippen molar-refractivity contribution in [3.63, 3.8) is 0 Å².